The number of rotatable bonds is 9. The monoisotopic (exact) mass is 713 g/mol. The first-order chi connectivity index (χ1) is 23.2. The lowest BCUT2D eigenvalue weighted by molar-refractivity contribution is -0.254. The van der Waals surface area contributed by atoms with Crippen LogP contribution in [0.3, 0.4) is 0 Å². The standard InChI is InChI=1S/C37H29F6NO3S2/c1-21-28(17-30(48-21)25-7-5-4-6-8-25)32-33(36(40,41)37(42,43)35(32,38)39)29-18-31(49-22(29)2)26-13-9-24(10-14-26)20-47-34(45)44-19-23-11-15-27(46-3)16-12-23/h4-18H,19-20H2,1-3H3,(H,44,45). The minimum absolute atomic E-state index is 0.0545. The van der Waals surface area contributed by atoms with Crippen LogP contribution in [-0.2, 0) is 17.9 Å². The van der Waals surface area contributed by atoms with Crippen molar-refractivity contribution in [3.05, 3.63) is 123 Å². The van der Waals surface area contributed by atoms with Gasteiger partial charge < -0.3 is 14.8 Å². The normalized spacial score (nSPS) is 16.1. The molecule has 0 unspecified atom stereocenters. The maximum atomic E-state index is 15.6. The highest BCUT2D eigenvalue weighted by molar-refractivity contribution is 7.16. The molecule has 49 heavy (non-hydrogen) atoms. The number of carbonyl (C=O) groups excluding carboxylic acids is 1. The number of nitrogens with one attached hydrogen (secondary N) is 1. The van der Waals surface area contributed by atoms with E-state index in [1.54, 1.807) is 73.8 Å². The summed E-state index contributed by atoms with van der Waals surface area (Å²) in [5.74, 6) is -15.2. The van der Waals surface area contributed by atoms with Crippen molar-refractivity contribution >= 4 is 39.9 Å². The van der Waals surface area contributed by atoms with E-state index in [2.05, 4.69) is 5.32 Å². The smallest absolute Gasteiger partial charge is 0.407 e. The second-order valence-electron chi connectivity index (χ2n) is 11.5. The first kappa shape index (κ1) is 34.3. The van der Waals surface area contributed by atoms with Crippen LogP contribution in [0.2, 0.25) is 0 Å². The topological polar surface area (TPSA) is 47.6 Å². The highest BCUT2D eigenvalue weighted by Gasteiger charge is 2.80. The van der Waals surface area contributed by atoms with Gasteiger partial charge in [-0.2, -0.15) is 26.3 Å². The molecule has 2 heterocycles. The molecule has 254 valence electrons. The van der Waals surface area contributed by atoms with E-state index in [9.17, 15) is 4.79 Å². The molecule has 1 aliphatic rings. The van der Waals surface area contributed by atoms with E-state index < -0.39 is 35.0 Å². The molecule has 5 aromatic rings. The van der Waals surface area contributed by atoms with Gasteiger partial charge in [0.05, 0.1) is 7.11 Å². The summed E-state index contributed by atoms with van der Waals surface area (Å²) < 4.78 is 103. The third kappa shape index (κ3) is 6.23. The number of aryl methyl sites for hydroxylation is 2. The van der Waals surface area contributed by atoms with Gasteiger partial charge in [0.2, 0.25) is 0 Å². The van der Waals surface area contributed by atoms with Crippen molar-refractivity contribution in [2.24, 2.45) is 0 Å². The van der Waals surface area contributed by atoms with Crippen LogP contribution in [0.4, 0.5) is 31.1 Å². The Kier molecular flexibility index (Phi) is 9.14. The number of hydrogen-bond acceptors (Lipinski definition) is 5. The predicted molar refractivity (Wildman–Crippen MR) is 181 cm³/mol. The molecule has 4 nitrogen and oxygen atoms in total. The van der Waals surface area contributed by atoms with Crippen LogP contribution in [0.15, 0.2) is 91.0 Å². The van der Waals surface area contributed by atoms with Crippen molar-refractivity contribution in [3.8, 4) is 26.6 Å². The minimum atomic E-state index is -5.65. The molecule has 6 rings (SSSR count). The Morgan fingerprint density at radius 3 is 1.69 bits per heavy atom. The van der Waals surface area contributed by atoms with Gasteiger partial charge >= 0.3 is 23.9 Å². The first-order valence-corrected chi connectivity index (χ1v) is 16.7. The second kappa shape index (κ2) is 13.1. The van der Waals surface area contributed by atoms with E-state index in [4.69, 9.17) is 9.47 Å². The first-order valence-electron chi connectivity index (χ1n) is 15.0. The van der Waals surface area contributed by atoms with Gasteiger partial charge in [-0.3, -0.25) is 0 Å². The summed E-state index contributed by atoms with van der Waals surface area (Å²) in [6, 6.07) is 25.0. The summed E-state index contributed by atoms with van der Waals surface area (Å²) in [7, 11) is 1.56. The summed E-state index contributed by atoms with van der Waals surface area (Å²) in [6.45, 7) is 3.10. The fourth-order valence-corrected chi connectivity index (χ4v) is 7.73. The second-order valence-corrected chi connectivity index (χ2v) is 14.0. The van der Waals surface area contributed by atoms with Crippen molar-refractivity contribution in [1.82, 2.24) is 5.32 Å². The minimum Gasteiger partial charge on any atom is -0.497 e. The molecule has 0 saturated heterocycles. The van der Waals surface area contributed by atoms with Crippen LogP contribution in [0, 0.1) is 13.8 Å². The van der Waals surface area contributed by atoms with E-state index in [-0.39, 0.29) is 34.0 Å². The zero-order valence-corrected chi connectivity index (χ0v) is 28.0. The van der Waals surface area contributed by atoms with Crippen molar-refractivity contribution < 1.29 is 40.6 Å². The number of alkyl carbamates (subject to hydrolysis) is 1. The maximum absolute atomic E-state index is 15.6. The molecule has 0 spiro atoms. The number of carbonyl (C=O) groups is 1. The van der Waals surface area contributed by atoms with E-state index in [1.165, 1.54) is 26.0 Å². The van der Waals surface area contributed by atoms with Crippen LogP contribution in [0.25, 0.3) is 32.0 Å². The number of ether oxygens (including phenoxy) is 2. The van der Waals surface area contributed by atoms with Crippen molar-refractivity contribution in [2.75, 3.05) is 7.11 Å². The van der Waals surface area contributed by atoms with Crippen molar-refractivity contribution in [3.63, 3.8) is 0 Å². The summed E-state index contributed by atoms with van der Waals surface area (Å²) in [4.78, 5) is 13.5. The molecule has 12 heteroatoms. The molecule has 1 N–H and O–H groups in total. The quantitative estimate of drug-likeness (QED) is 0.155. The number of halogens is 6. The summed E-state index contributed by atoms with van der Waals surface area (Å²) in [5, 5.41) is 2.65. The van der Waals surface area contributed by atoms with Crippen LogP contribution >= 0.6 is 22.7 Å². The van der Waals surface area contributed by atoms with Crippen LogP contribution in [0.5, 0.6) is 5.75 Å². The number of amides is 1. The molecule has 0 bridgehead atoms. The molecular formula is C37H29F6NO3S2. The number of thiophene rings is 2. The molecular weight excluding hydrogens is 685 g/mol. The Balaban J connectivity index is 1.25. The van der Waals surface area contributed by atoms with Crippen LogP contribution < -0.4 is 10.1 Å². The molecule has 0 fully saturated rings. The number of allylic oxidation sites excluding steroid dienone is 2. The molecule has 0 aliphatic heterocycles. The van der Waals surface area contributed by atoms with Gasteiger partial charge in [0.25, 0.3) is 0 Å². The fourth-order valence-electron chi connectivity index (χ4n) is 5.66. The average molecular weight is 714 g/mol. The van der Waals surface area contributed by atoms with Gasteiger partial charge in [0.1, 0.15) is 12.4 Å². The molecule has 2 aromatic heterocycles. The van der Waals surface area contributed by atoms with Crippen molar-refractivity contribution in [1.29, 1.82) is 0 Å². The molecule has 1 aliphatic carbocycles. The Morgan fingerprint density at radius 2 is 1.18 bits per heavy atom. The van der Waals surface area contributed by atoms with E-state index >= 15 is 26.3 Å². The number of hydrogen-bond donors (Lipinski definition) is 1. The van der Waals surface area contributed by atoms with Gasteiger partial charge in [-0.05, 0) is 71.5 Å². The van der Waals surface area contributed by atoms with Crippen LogP contribution in [0.1, 0.15) is 32.0 Å². The Bertz CT molecular complexity index is 2020. The number of alkyl halides is 6. The zero-order valence-electron chi connectivity index (χ0n) is 26.4. The molecule has 0 atom stereocenters. The number of methoxy groups -OCH3 is 1. The Morgan fingerprint density at radius 1 is 0.694 bits per heavy atom. The van der Waals surface area contributed by atoms with Gasteiger partial charge in [0, 0.05) is 37.2 Å². The summed E-state index contributed by atoms with van der Waals surface area (Å²) in [5.41, 5.74) is -0.730. The van der Waals surface area contributed by atoms with Gasteiger partial charge in [-0.1, -0.05) is 66.7 Å². The Labute approximate surface area is 286 Å². The van der Waals surface area contributed by atoms with Gasteiger partial charge in [0.15, 0.2) is 0 Å². The number of benzene rings is 3. The maximum Gasteiger partial charge on any atom is 0.407 e. The van der Waals surface area contributed by atoms with Gasteiger partial charge in [-0.25, -0.2) is 4.79 Å². The van der Waals surface area contributed by atoms with E-state index in [0.29, 0.717) is 32.2 Å². The highest BCUT2D eigenvalue weighted by Crippen LogP contribution is 2.66. The van der Waals surface area contributed by atoms with Crippen LogP contribution in [-0.4, -0.2) is 31.0 Å². The molecule has 0 saturated carbocycles. The summed E-state index contributed by atoms with van der Waals surface area (Å²) >= 11 is 2.11. The van der Waals surface area contributed by atoms with E-state index in [0.717, 1.165) is 28.2 Å². The SMILES string of the molecule is COc1ccc(CNC(=O)OCc2ccc(-c3cc(C4=C(c5cc(-c6ccccc6)sc5C)C(F)(F)C(F)(F)C4(F)F)c(C)s3)cc2)cc1. The van der Waals surface area contributed by atoms with Gasteiger partial charge in [-0.15, -0.1) is 22.7 Å². The third-order valence-corrected chi connectivity index (χ3v) is 10.5. The fraction of sp³-hybridized carbons (Fsp3) is 0.216. The molecule has 1 amide bonds. The molecule has 0 radical (unpaired) electrons. The Hall–Kier alpha value is -4.55. The van der Waals surface area contributed by atoms with Crippen molar-refractivity contribution in [2.45, 2.75) is 44.8 Å². The average Bonchev–Trinajstić information content (AvgIpc) is 3.69. The highest BCUT2D eigenvalue weighted by atomic mass is 32.1. The zero-order chi connectivity index (χ0) is 35.1. The molecule has 3 aromatic carbocycles. The lowest BCUT2D eigenvalue weighted by Gasteiger charge is -2.25. The predicted octanol–water partition coefficient (Wildman–Crippen LogP) is 11.0. The third-order valence-electron chi connectivity index (χ3n) is 8.30. The lowest BCUT2D eigenvalue weighted by atomic mass is 9.94. The summed E-state index contributed by atoms with van der Waals surface area (Å²) in [6.07, 6.45) is -0.634. The lowest BCUT2D eigenvalue weighted by Crippen LogP contribution is -2.48. The van der Waals surface area contributed by atoms with E-state index in [1.807, 2.05) is 12.1 Å². The largest absolute Gasteiger partial charge is 0.497 e.